The Hall–Kier alpha value is -2.53. The van der Waals surface area contributed by atoms with Gasteiger partial charge in [-0.15, -0.1) is 26.6 Å². The molecule has 0 aliphatic rings. The minimum atomic E-state index is -4.43. The molecule has 6 nitrogen and oxygen atoms in total. The molecule has 4 rings (SSSR count). The third-order valence-electron chi connectivity index (χ3n) is 3.63. The molecule has 0 aliphatic heterocycles. The maximum Gasteiger partial charge on any atom is 0.434 e. The van der Waals surface area contributed by atoms with Crippen molar-refractivity contribution in [3.63, 3.8) is 0 Å². The number of nitrogens with zero attached hydrogens (tertiary/aromatic N) is 6. The first-order valence-corrected chi connectivity index (χ1v) is 9.22. The van der Waals surface area contributed by atoms with Crippen LogP contribution in [0.5, 0.6) is 0 Å². The molecule has 0 spiro atoms. The number of hydrogen-bond donors (Lipinski definition) is 0. The van der Waals surface area contributed by atoms with Gasteiger partial charge in [0, 0.05) is 23.4 Å². The molecule has 0 bridgehead atoms. The van der Waals surface area contributed by atoms with Crippen LogP contribution in [0.4, 0.5) is 19.0 Å². The molecule has 26 heavy (non-hydrogen) atoms. The van der Waals surface area contributed by atoms with Gasteiger partial charge in [-0.05, 0) is 23.6 Å². The largest absolute Gasteiger partial charge is 0.434 e. The lowest BCUT2D eigenvalue weighted by atomic mass is 10.3. The number of halogens is 3. The fourth-order valence-corrected chi connectivity index (χ4v) is 3.84. The molecule has 4 heterocycles. The second kappa shape index (κ2) is 6.32. The Bertz CT molecular complexity index is 1040. The zero-order chi connectivity index (χ0) is 18.3. The molecule has 0 aliphatic carbocycles. The van der Waals surface area contributed by atoms with E-state index in [1.807, 2.05) is 16.8 Å². The average molecular weight is 396 g/mol. The summed E-state index contributed by atoms with van der Waals surface area (Å²) >= 11 is 2.52. The van der Waals surface area contributed by atoms with Crippen molar-refractivity contribution in [1.82, 2.24) is 24.8 Å². The average Bonchev–Trinajstić information content (AvgIpc) is 3.33. The zero-order valence-corrected chi connectivity index (χ0v) is 14.9. The molecule has 4 aromatic rings. The first-order valence-electron chi connectivity index (χ1n) is 7.39. The Labute approximate surface area is 153 Å². The van der Waals surface area contributed by atoms with E-state index in [0.29, 0.717) is 22.3 Å². The third-order valence-corrected chi connectivity index (χ3v) is 5.15. The topological polar surface area (TPSA) is 59.2 Å². The SMILES string of the molecule is CN(Cc1nc(C(F)(F)F)cs1)c1ccc2nnc(-c3ccsc3)n2n1. The van der Waals surface area contributed by atoms with Gasteiger partial charge >= 0.3 is 6.18 Å². The predicted molar refractivity (Wildman–Crippen MR) is 93.3 cm³/mol. The van der Waals surface area contributed by atoms with E-state index in [9.17, 15) is 13.2 Å². The summed E-state index contributed by atoms with van der Waals surface area (Å²) < 4.78 is 39.7. The maximum atomic E-state index is 12.7. The molecule has 0 saturated carbocycles. The minimum Gasteiger partial charge on any atom is -0.351 e. The molecule has 0 aromatic carbocycles. The second-order valence-corrected chi connectivity index (χ2v) is 7.20. The van der Waals surface area contributed by atoms with Crippen LogP contribution < -0.4 is 4.90 Å². The number of anilines is 1. The molecule has 0 unspecified atom stereocenters. The van der Waals surface area contributed by atoms with E-state index >= 15 is 0 Å². The number of hydrogen-bond acceptors (Lipinski definition) is 7. The van der Waals surface area contributed by atoms with Gasteiger partial charge in [-0.1, -0.05) is 0 Å². The summed E-state index contributed by atoms with van der Waals surface area (Å²) in [4.78, 5) is 5.38. The van der Waals surface area contributed by atoms with Crippen LogP contribution in [0.2, 0.25) is 0 Å². The van der Waals surface area contributed by atoms with Crippen molar-refractivity contribution in [2.45, 2.75) is 12.7 Å². The Morgan fingerprint density at radius 2 is 2.00 bits per heavy atom. The van der Waals surface area contributed by atoms with Crippen molar-refractivity contribution in [3.05, 3.63) is 45.0 Å². The van der Waals surface area contributed by atoms with Crippen LogP contribution >= 0.6 is 22.7 Å². The highest BCUT2D eigenvalue weighted by Crippen LogP contribution is 2.30. The summed E-state index contributed by atoms with van der Waals surface area (Å²) in [6.07, 6.45) is -4.43. The molecule has 0 amide bonds. The number of alkyl halides is 3. The van der Waals surface area contributed by atoms with E-state index in [2.05, 4.69) is 20.3 Å². The fourth-order valence-electron chi connectivity index (χ4n) is 2.35. The van der Waals surface area contributed by atoms with Crippen molar-refractivity contribution in [1.29, 1.82) is 0 Å². The van der Waals surface area contributed by atoms with Crippen LogP contribution in [0.1, 0.15) is 10.7 Å². The molecular weight excluding hydrogens is 385 g/mol. The molecule has 0 radical (unpaired) electrons. The van der Waals surface area contributed by atoms with Gasteiger partial charge in [0.05, 0.1) is 6.54 Å². The van der Waals surface area contributed by atoms with Gasteiger partial charge in [0.1, 0.15) is 10.8 Å². The number of thiophene rings is 1. The highest BCUT2D eigenvalue weighted by atomic mass is 32.1. The van der Waals surface area contributed by atoms with E-state index in [1.165, 1.54) is 0 Å². The van der Waals surface area contributed by atoms with Crippen molar-refractivity contribution in [2.75, 3.05) is 11.9 Å². The lowest BCUT2D eigenvalue weighted by Crippen LogP contribution is -2.19. The molecular formula is C15H11F3N6S2. The Kier molecular flexibility index (Phi) is 4.11. The van der Waals surface area contributed by atoms with E-state index in [1.54, 1.807) is 39.9 Å². The normalized spacial score (nSPS) is 12.0. The second-order valence-electron chi connectivity index (χ2n) is 5.48. The molecule has 0 fully saturated rings. The zero-order valence-electron chi connectivity index (χ0n) is 13.3. The highest BCUT2D eigenvalue weighted by Gasteiger charge is 2.33. The van der Waals surface area contributed by atoms with Crippen LogP contribution in [-0.4, -0.2) is 31.8 Å². The van der Waals surface area contributed by atoms with E-state index < -0.39 is 11.9 Å². The molecule has 4 aromatic heterocycles. The Morgan fingerprint density at radius 3 is 2.69 bits per heavy atom. The van der Waals surface area contributed by atoms with Gasteiger partial charge in [0.25, 0.3) is 0 Å². The quantitative estimate of drug-likeness (QED) is 0.523. The summed E-state index contributed by atoms with van der Waals surface area (Å²) in [5.41, 5.74) is 0.634. The Balaban J connectivity index is 1.62. The molecule has 0 atom stereocenters. The summed E-state index contributed by atoms with van der Waals surface area (Å²) in [6.45, 7) is 0.217. The summed E-state index contributed by atoms with van der Waals surface area (Å²) in [6, 6.07) is 5.44. The smallest absolute Gasteiger partial charge is 0.351 e. The maximum absolute atomic E-state index is 12.7. The van der Waals surface area contributed by atoms with Gasteiger partial charge in [-0.2, -0.15) is 29.0 Å². The lowest BCUT2D eigenvalue weighted by molar-refractivity contribution is -0.140. The molecule has 11 heteroatoms. The molecule has 134 valence electrons. The number of thiazole rings is 1. The van der Waals surface area contributed by atoms with E-state index in [0.717, 1.165) is 22.3 Å². The number of aromatic nitrogens is 5. The first-order chi connectivity index (χ1) is 12.4. The van der Waals surface area contributed by atoms with Gasteiger partial charge in [-0.3, -0.25) is 0 Å². The monoisotopic (exact) mass is 396 g/mol. The summed E-state index contributed by atoms with van der Waals surface area (Å²) in [5, 5.41) is 18.0. The van der Waals surface area contributed by atoms with E-state index in [4.69, 9.17) is 0 Å². The Morgan fingerprint density at radius 1 is 1.15 bits per heavy atom. The number of fused-ring (bicyclic) bond motifs is 1. The van der Waals surface area contributed by atoms with Crippen LogP contribution in [-0.2, 0) is 12.7 Å². The van der Waals surface area contributed by atoms with Crippen LogP contribution in [0, 0.1) is 0 Å². The van der Waals surface area contributed by atoms with Crippen LogP contribution in [0.25, 0.3) is 17.0 Å². The van der Waals surface area contributed by atoms with Crippen molar-refractivity contribution in [3.8, 4) is 11.4 Å². The highest BCUT2D eigenvalue weighted by molar-refractivity contribution is 7.09. The lowest BCUT2D eigenvalue weighted by Gasteiger charge is -2.16. The number of rotatable bonds is 4. The van der Waals surface area contributed by atoms with Crippen molar-refractivity contribution in [2.24, 2.45) is 0 Å². The molecule has 0 N–H and O–H groups in total. The van der Waals surface area contributed by atoms with Gasteiger partial charge in [-0.25, -0.2) is 4.98 Å². The van der Waals surface area contributed by atoms with Crippen molar-refractivity contribution >= 4 is 34.1 Å². The van der Waals surface area contributed by atoms with Gasteiger partial charge in [0.2, 0.25) is 0 Å². The fraction of sp³-hybridized carbons (Fsp3) is 0.200. The van der Waals surface area contributed by atoms with E-state index in [-0.39, 0.29) is 6.54 Å². The van der Waals surface area contributed by atoms with Crippen LogP contribution in [0.15, 0.2) is 34.3 Å². The van der Waals surface area contributed by atoms with Crippen molar-refractivity contribution < 1.29 is 13.2 Å². The summed E-state index contributed by atoms with van der Waals surface area (Å²) in [5.74, 6) is 1.20. The predicted octanol–water partition coefficient (Wildman–Crippen LogP) is 3.96. The third kappa shape index (κ3) is 3.15. The standard InChI is InChI=1S/C15H11F3N6S2/c1-23(6-13-19-10(8-26-13)15(16,17)18)12-3-2-11-20-21-14(24(11)22-12)9-4-5-25-7-9/h2-5,7-8H,6H2,1H3. The van der Waals surface area contributed by atoms with Gasteiger partial charge in [0.15, 0.2) is 17.2 Å². The summed E-state index contributed by atoms with van der Waals surface area (Å²) in [7, 11) is 1.75. The first kappa shape index (κ1) is 16.9. The minimum absolute atomic E-state index is 0.217. The van der Waals surface area contributed by atoms with Crippen LogP contribution in [0.3, 0.4) is 0 Å². The van der Waals surface area contributed by atoms with Gasteiger partial charge < -0.3 is 4.90 Å². The molecule has 0 saturated heterocycles.